The predicted octanol–water partition coefficient (Wildman–Crippen LogP) is 4.09. The summed E-state index contributed by atoms with van der Waals surface area (Å²) in [5, 5.41) is 0. The molecule has 0 radical (unpaired) electrons. The fraction of sp³-hybridized carbons (Fsp3) is 0.667. The monoisotopic (exact) mass is 164 g/mol. The second-order valence-corrected chi connectivity index (χ2v) is 3.83. The van der Waals surface area contributed by atoms with E-state index in [0.717, 1.165) is 5.92 Å². The molecule has 0 aromatic carbocycles. The molecule has 0 aliphatic heterocycles. The van der Waals surface area contributed by atoms with Crippen molar-refractivity contribution in [1.82, 2.24) is 0 Å². The van der Waals surface area contributed by atoms with Gasteiger partial charge in [0.15, 0.2) is 0 Å². The van der Waals surface area contributed by atoms with Crippen LogP contribution in [0.15, 0.2) is 23.3 Å². The molecule has 0 amide bonds. The maximum atomic E-state index is 2.42. The van der Waals surface area contributed by atoms with Crippen molar-refractivity contribution >= 4 is 0 Å². The highest BCUT2D eigenvalue weighted by atomic mass is 14.1. The molecular formula is C12H20. The maximum absolute atomic E-state index is 2.42. The first-order valence-electron chi connectivity index (χ1n) is 5.16. The molecule has 1 aliphatic carbocycles. The SMILES string of the molecule is CCCC1=CC(CC)=CC(C)C1. The van der Waals surface area contributed by atoms with Gasteiger partial charge in [0.2, 0.25) is 0 Å². The summed E-state index contributed by atoms with van der Waals surface area (Å²) in [6, 6.07) is 0. The fourth-order valence-electron chi connectivity index (χ4n) is 1.92. The lowest BCUT2D eigenvalue weighted by molar-refractivity contribution is 0.664. The van der Waals surface area contributed by atoms with Crippen molar-refractivity contribution in [3.63, 3.8) is 0 Å². The van der Waals surface area contributed by atoms with Crippen LogP contribution in [0.4, 0.5) is 0 Å². The summed E-state index contributed by atoms with van der Waals surface area (Å²) in [5.41, 5.74) is 3.20. The van der Waals surface area contributed by atoms with Crippen LogP contribution >= 0.6 is 0 Å². The molecule has 0 bridgehead atoms. The Bertz CT molecular complexity index is 196. The van der Waals surface area contributed by atoms with Crippen LogP contribution in [0.2, 0.25) is 0 Å². The summed E-state index contributed by atoms with van der Waals surface area (Å²) in [5.74, 6) is 0.770. The number of allylic oxidation sites excluding steroid dienone is 4. The van der Waals surface area contributed by atoms with Crippen molar-refractivity contribution in [3.8, 4) is 0 Å². The molecule has 0 saturated carbocycles. The van der Waals surface area contributed by atoms with Crippen molar-refractivity contribution in [3.05, 3.63) is 23.3 Å². The molecule has 0 heteroatoms. The van der Waals surface area contributed by atoms with Crippen LogP contribution < -0.4 is 0 Å². The van der Waals surface area contributed by atoms with Gasteiger partial charge in [-0.3, -0.25) is 0 Å². The molecule has 0 saturated heterocycles. The lowest BCUT2D eigenvalue weighted by Gasteiger charge is -2.17. The Hall–Kier alpha value is -0.520. The van der Waals surface area contributed by atoms with Crippen LogP contribution in [-0.4, -0.2) is 0 Å². The Balaban J connectivity index is 2.64. The molecule has 1 unspecified atom stereocenters. The zero-order valence-corrected chi connectivity index (χ0v) is 8.56. The fourth-order valence-corrected chi connectivity index (χ4v) is 1.92. The normalized spacial score (nSPS) is 23.4. The summed E-state index contributed by atoms with van der Waals surface area (Å²) in [6.07, 6.45) is 9.88. The standard InChI is InChI=1S/C12H20/c1-4-6-12-8-10(3)7-11(5-2)9-12/h7,9-10H,4-6,8H2,1-3H3. The third kappa shape index (κ3) is 2.51. The highest BCUT2D eigenvalue weighted by Crippen LogP contribution is 2.26. The highest BCUT2D eigenvalue weighted by molar-refractivity contribution is 5.28. The quantitative estimate of drug-likeness (QED) is 0.589. The molecule has 12 heavy (non-hydrogen) atoms. The van der Waals surface area contributed by atoms with Gasteiger partial charge in [-0.25, -0.2) is 0 Å². The summed E-state index contributed by atoms with van der Waals surface area (Å²) >= 11 is 0. The van der Waals surface area contributed by atoms with Gasteiger partial charge < -0.3 is 0 Å². The molecule has 1 aliphatic rings. The molecule has 0 aromatic heterocycles. The zero-order valence-electron chi connectivity index (χ0n) is 8.56. The smallest absolute Gasteiger partial charge is 0.0219 e. The van der Waals surface area contributed by atoms with Crippen molar-refractivity contribution in [2.24, 2.45) is 5.92 Å². The third-order valence-corrected chi connectivity index (χ3v) is 2.45. The molecule has 1 rings (SSSR count). The van der Waals surface area contributed by atoms with E-state index in [4.69, 9.17) is 0 Å². The van der Waals surface area contributed by atoms with E-state index < -0.39 is 0 Å². The molecule has 0 heterocycles. The number of hydrogen-bond donors (Lipinski definition) is 0. The lowest BCUT2D eigenvalue weighted by atomic mass is 9.89. The Morgan fingerprint density at radius 1 is 1.42 bits per heavy atom. The van der Waals surface area contributed by atoms with Crippen molar-refractivity contribution in [2.45, 2.75) is 46.5 Å². The molecule has 68 valence electrons. The van der Waals surface area contributed by atoms with Gasteiger partial charge in [-0.05, 0) is 25.2 Å². The van der Waals surface area contributed by atoms with Gasteiger partial charge in [0, 0.05) is 0 Å². The first-order valence-corrected chi connectivity index (χ1v) is 5.16. The van der Waals surface area contributed by atoms with Gasteiger partial charge in [-0.1, -0.05) is 50.5 Å². The minimum absolute atomic E-state index is 0.770. The largest absolute Gasteiger partial charge is 0.0782 e. The second kappa shape index (κ2) is 4.49. The highest BCUT2D eigenvalue weighted by Gasteiger charge is 2.09. The third-order valence-electron chi connectivity index (χ3n) is 2.45. The minimum Gasteiger partial charge on any atom is -0.0782 e. The van der Waals surface area contributed by atoms with Crippen LogP contribution in [0.5, 0.6) is 0 Å². The molecule has 0 N–H and O–H groups in total. The van der Waals surface area contributed by atoms with Crippen molar-refractivity contribution in [2.75, 3.05) is 0 Å². The summed E-state index contributed by atoms with van der Waals surface area (Å²) in [7, 11) is 0. The molecule has 0 spiro atoms. The first-order chi connectivity index (χ1) is 5.76. The van der Waals surface area contributed by atoms with Crippen LogP contribution in [0.3, 0.4) is 0 Å². The lowest BCUT2D eigenvalue weighted by Crippen LogP contribution is -2.01. The van der Waals surface area contributed by atoms with Crippen molar-refractivity contribution in [1.29, 1.82) is 0 Å². The Labute approximate surface area is 76.4 Å². The molecule has 0 fully saturated rings. The van der Waals surface area contributed by atoms with E-state index in [0.29, 0.717) is 0 Å². The Morgan fingerprint density at radius 3 is 2.75 bits per heavy atom. The second-order valence-electron chi connectivity index (χ2n) is 3.83. The predicted molar refractivity (Wildman–Crippen MR) is 55.1 cm³/mol. The summed E-state index contributed by atoms with van der Waals surface area (Å²) < 4.78 is 0. The van der Waals surface area contributed by atoms with Gasteiger partial charge in [0.25, 0.3) is 0 Å². The average Bonchev–Trinajstić information content (AvgIpc) is 2.04. The maximum Gasteiger partial charge on any atom is -0.0219 e. The molecular weight excluding hydrogens is 144 g/mol. The molecule has 0 aromatic rings. The van der Waals surface area contributed by atoms with E-state index in [-0.39, 0.29) is 0 Å². The van der Waals surface area contributed by atoms with E-state index in [1.807, 2.05) is 0 Å². The van der Waals surface area contributed by atoms with Crippen LogP contribution in [0.1, 0.15) is 46.5 Å². The molecule has 1 atom stereocenters. The van der Waals surface area contributed by atoms with E-state index >= 15 is 0 Å². The van der Waals surface area contributed by atoms with E-state index in [2.05, 4.69) is 32.9 Å². The van der Waals surface area contributed by atoms with Gasteiger partial charge in [0.05, 0.1) is 0 Å². The van der Waals surface area contributed by atoms with E-state index in [1.165, 1.54) is 31.3 Å². The van der Waals surface area contributed by atoms with Crippen LogP contribution in [-0.2, 0) is 0 Å². The van der Waals surface area contributed by atoms with Gasteiger partial charge in [-0.15, -0.1) is 0 Å². The molecule has 0 nitrogen and oxygen atoms in total. The topological polar surface area (TPSA) is 0 Å². The summed E-state index contributed by atoms with van der Waals surface area (Å²) in [6.45, 7) is 6.82. The van der Waals surface area contributed by atoms with Gasteiger partial charge >= 0.3 is 0 Å². The van der Waals surface area contributed by atoms with Crippen molar-refractivity contribution < 1.29 is 0 Å². The van der Waals surface area contributed by atoms with E-state index in [1.54, 1.807) is 5.57 Å². The number of rotatable bonds is 3. The average molecular weight is 164 g/mol. The first kappa shape index (κ1) is 9.57. The van der Waals surface area contributed by atoms with Gasteiger partial charge in [-0.2, -0.15) is 0 Å². The minimum atomic E-state index is 0.770. The zero-order chi connectivity index (χ0) is 8.97. The van der Waals surface area contributed by atoms with Crippen LogP contribution in [0.25, 0.3) is 0 Å². The number of hydrogen-bond acceptors (Lipinski definition) is 0. The van der Waals surface area contributed by atoms with E-state index in [9.17, 15) is 0 Å². The Morgan fingerprint density at radius 2 is 2.17 bits per heavy atom. The summed E-state index contributed by atoms with van der Waals surface area (Å²) in [4.78, 5) is 0. The Kier molecular flexibility index (Phi) is 3.58. The van der Waals surface area contributed by atoms with Gasteiger partial charge in [0.1, 0.15) is 0 Å². The van der Waals surface area contributed by atoms with Crippen LogP contribution in [0, 0.1) is 5.92 Å².